The third-order valence-electron chi connectivity index (χ3n) is 1.42. The molecule has 0 aliphatic carbocycles. The van der Waals surface area contributed by atoms with Crippen LogP contribution in [-0.2, 0) is 19.2 Å². The zero-order valence-electron chi connectivity index (χ0n) is 8.78. The molecule has 0 N–H and O–H groups in total. The normalized spacial score (nSPS) is 10.5. The van der Waals surface area contributed by atoms with Gasteiger partial charge in [0.1, 0.15) is 20.7 Å². The van der Waals surface area contributed by atoms with Gasteiger partial charge >= 0.3 is 11.9 Å². The number of carbonyl (C=O) groups excluding carboxylic acids is 2. The highest BCUT2D eigenvalue weighted by Gasteiger charge is 2.19. The summed E-state index contributed by atoms with van der Waals surface area (Å²) in [4.78, 5) is 26.3. The van der Waals surface area contributed by atoms with Crippen LogP contribution in [-0.4, -0.2) is 43.8 Å². The van der Waals surface area contributed by atoms with E-state index in [-0.39, 0.29) is 17.2 Å². The molecule has 0 rings (SSSR count). The lowest BCUT2D eigenvalue weighted by atomic mass is 10.6. The minimum absolute atomic E-state index is 0.0275. The smallest absolute Gasteiger partial charge is 0.363 e. The highest BCUT2D eigenvalue weighted by atomic mass is 16.7. The molecule has 0 amide bonds. The molecular weight excluding hydrogens is 186 g/mol. The van der Waals surface area contributed by atoms with Crippen LogP contribution in [0.25, 0.3) is 0 Å². The highest BCUT2D eigenvalue weighted by Crippen LogP contribution is 1.99. The van der Waals surface area contributed by atoms with Gasteiger partial charge in [-0.3, -0.25) is 4.84 Å². The van der Waals surface area contributed by atoms with E-state index in [0.717, 1.165) is 6.08 Å². The number of esters is 1. The second-order valence-corrected chi connectivity index (χ2v) is 3.25. The number of quaternary nitrogens is 1. The van der Waals surface area contributed by atoms with Crippen molar-refractivity contribution in [3.05, 3.63) is 12.7 Å². The number of hydroxylamine groups is 3. The van der Waals surface area contributed by atoms with Gasteiger partial charge in [-0.25, -0.2) is 9.59 Å². The SMILES string of the molecule is C=CC(=O)OCC[N+](C)(C)OC(C)=O. The standard InChI is InChI=1S/C9H16NO4/c1-5-9(12)13-7-6-10(3,4)14-8(2)11/h5H,1,6-7H2,2-4H3/q+1. The molecule has 0 fully saturated rings. The zero-order valence-corrected chi connectivity index (χ0v) is 8.78. The second-order valence-electron chi connectivity index (χ2n) is 3.25. The number of rotatable bonds is 5. The van der Waals surface area contributed by atoms with E-state index in [1.165, 1.54) is 6.92 Å². The zero-order chi connectivity index (χ0) is 11.2. The first-order chi connectivity index (χ1) is 6.37. The number of ether oxygens (including phenoxy) is 1. The van der Waals surface area contributed by atoms with Crippen molar-refractivity contribution in [2.24, 2.45) is 0 Å². The molecule has 0 radical (unpaired) electrons. The summed E-state index contributed by atoms with van der Waals surface area (Å²) in [5.74, 6) is -0.849. The molecule has 0 spiro atoms. The van der Waals surface area contributed by atoms with Crippen LogP contribution >= 0.6 is 0 Å². The third kappa shape index (κ3) is 6.19. The predicted octanol–water partition coefficient (Wildman–Crippen LogP) is 0.270. The summed E-state index contributed by atoms with van der Waals surface area (Å²) in [7, 11) is 3.40. The molecule has 0 aliphatic heterocycles. The van der Waals surface area contributed by atoms with E-state index >= 15 is 0 Å². The van der Waals surface area contributed by atoms with Crippen molar-refractivity contribution < 1.29 is 23.8 Å². The topological polar surface area (TPSA) is 52.6 Å². The number of likely N-dealkylation sites (N-methyl/N-ethyl adjacent to an activating group) is 1. The first-order valence-corrected chi connectivity index (χ1v) is 4.20. The van der Waals surface area contributed by atoms with Gasteiger partial charge in [0.25, 0.3) is 0 Å². The average Bonchev–Trinajstić information content (AvgIpc) is 2.01. The van der Waals surface area contributed by atoms with E-state index in [2.05, 4.69) is 6.58 Å². The molecule has 0 saturated heterocycles. The summed E-state index contributed by atoms with van der Waals surface area (Å²) in [6.07, 6.45) is 1.09. The molecule has 0 aromatic rings. The molecule has 80 valence electrons. The maximum absolute atomic E-state index is 10.7. The Hall–Kier alpha value is -1.36. The second kappa shape index (κ2) is 5.39. The van der Waals surface area contributed by atoms with Crippen molar-refractivity contribution in [2.45, 2.75) is 6.92 Å². The number of hydrogen-bond donors (Lipinski definition) is 0. The fraction of sp³-hybridized carbons (Fsp3) is 0.556. The number of hydrogen-bond acceptors (Lipinski definition) is 4. The maximum atomic E-state index is 10.7. The van der Waals surface area contributed by atoms with Crippen LogP contribution in [0.1, 0.15) is 6.92 Å². The van der Waals surface area contributed by atoms with Crippen molar-refractivity contribution in [1.82, 2.24) is 0 Å². The first-order valence-electron chi connectivity index (χ1n) is 4.20. The van der Waals surface area contributed by atoms with Crippen molar-refractivity contribution >= 4 is 11.9 Å². The molecule has 0 heterocycles. The van der Waals surface area contributed by atoms with Crippen LogP contribution in [0, 0.1) is 0 Å². The fourth-order valence-electron chi connectivity index (χ4n) is 0.819. The molecular formula is C9H16NO4+. The Morgan fingerprint density at radius 2 is 2.00 bits per heavy atom. The van der Waals surface area contributed by atoms with Gasteiger partial charge < -0.3 is 4.74 Å². The molecule has 0 aliphatic rings. The van der Waals surface area contributed by atoms with Gasteiger partial charge in [-0.05, 0) is 0 Å². The maximum Gasteiger partial charge on any atom is 0.363 e. The molecule has 5 heteroatoms. The Morgan fingerprint density at radius 3 is 2.43 bits per heavy atom. The molecule has 0 saturated carbocycles. The Morgan fingerprint density at radius 1 is 1.43 bits per heavy atom. The Balaban J connectivity index is 3.81. The minimum Gasteiger partial charge on any atom is -0.456 e. The van der Waals surface area contributed by atoms with E-state index in [1.54, 1.807) is 14.1 Å². The van der Waals surface area contributed by atoms with E-state index < -0.39 is 5.97 Å². The van der Waals surface area contributed by atoms with Gasteiger partial charge in [0.15, 0.2) is 6.54 Å². The molecule has 0 bridgehead atoms. The van der Waals surface area contributed by atoms with Crippen LogP contribution in [0.4, 0.5) is 0 Å². The monoisotopic (exact) mass is 202 g/mol. The van der Waals surface area contributed by atoms with Crippen molar-refractivity contribution in [2.75, 3.05) is 27.2 Å². The van der Waals surface area contributed by atoms with E-state index in [1.807, 2.05) is 0 Å². The van der Waals surface area contributed by atoms with Crippen LogP contribution < -0.4 is 0 Å². The average molecular weight is 202 g/mol. The van der Waals surface area contributed by atoms with Gasteiger partial charge in [-0.2, -0.15) is 0 Å². The minimum atomic E-state index is -0.479. The van der Waals surface area contributed by atoms with Gasteiger partial charge in [0.2, 0.25) is 0 Å². The van der Waals surface area contributed by atoms with Gasteiger partial charge in [-0.15, -0.1) is 4.65 Å². The van der Waals surface area contributed by atoms with E-state index in [9.17, 15) is 9.59 Å². The van der Waals surface area contributed by atoms with Crippen LogP contribution in [0.5, 0.6) is 0 Å². The Bertz CT molecular complexity index is 235. The van der Waals surface area contributed by atoms with Crippen LogP contribution in [0.3, 0.4) is 0 Å². The fourth-order valence-corrected chi connectivity index (χ4v) is 0.819. The quantitative estimate of drug-likeness (QED) is 0.278. The first kappa shape index (κ1) is 12.6. The number of nitrogens with zero attached hydrogens (tertiary/aromatic N) is 1. The summed E-state index contributed by atoms with van der Waals surface area (Å²) in [6.45, 7) is 5.18. The summed E-state index contributed by atoms with van der Waals surface area (Å²) in [6, 6.07) is 0. The molecule has 0 aromatic carbocycles. The van der Waals surface area contributed by atoms with Crippen molar-refractivity contribution in [3.8, 4) is 0 Å². The van der Waals surface area contributed by atoms with Gasteiger partial charge in [-0.1, -0.05) is 6.58 Å². The predicted molar refractivity (Wildman–Crippen MR) is 49.9 cm³/mol. The lowest BCUT2D eigenvalue weighted by Gasteiger charge is -2.24. The molecule has 5 nitrogen and oxygen atoms in total. The molecule has 14 heavy (non-hydrogen) atoms. The Labute approximate surface area is 83.4 Å². The molecule has 0 aromatic heterocycles. The van der Waals surface area contributed by atoms with Crippen LogP contribution in [0.2, 0.25) is 0 Å². The summed E-state index contributed by atoms with van der Waals surface area (Å²) < 4.78 is 4.77. The number of carbonyl (C=O) groups is 2. The Kier molecular flexibility index (Phi) is 4.86. The lowest BCUT2D eigenvalue weighted by molar-refractivity contribution is -1.06. The van der Waals surface area contributed by atoms with Crippen molar-refractivity contribution in [3.63, 3.8) is 0 Å². The largest absolute Gasteiger partial charge is 0.456 e. The third-order valence-corrected chi connectivity index (χ3v) is 1.42. The summed E-state index contributed by atoms with van der Waals surface area (Å²) >= 11 is 0. The highest BCUT2D eigenvalue weighted by molar-refractivity contribution is 5.81. The van der Waals surface area contributed by atoms with Crippen LogP contribution in [0.15, 0.2) is 12.7 Å². The van der Waals surface area contributed by atoms with Gasteiger partial charge in [0, 0.05) is 13.0 Å². The summed E-state index contributed by atoms with van der Waals surface area (Å²) in [5.41, 5.74) is 0. The van der Waals surface area contributed by atoms with E-state index in [4.69, 9.17) is 9.57 Å². The molecule has 0 atom stereocenters. The lowest BCUT2D eigenvalue weighted by Crippen LogP contribution is -2.43. The molecule has 0 unspecified atom stereocenters. The van der Waals surface area contributed by atoms with Crippen molar-refractivity contribution in [1.29, 1.82) is 0 Å². The van der Waals surface area contributed by atoms with Gasteiger partial charge in [0.05, 0.1) is 0 Å². The van der Waals surface area contributed by atoms with E-state index in [0.29, 0.717) is 6.54 Å². The summed E-state index contributed by atoms with van der Waals surface area (Å²) in [5, 5.41) is 0.